The van der Waals surface area contributed by atoms with Gasteiger partial charge in [0.2, 0.25) is 0 Å². The highest BCUT2D eigenvalue weighted by molar-refractivity contribution is 5.36. The van der Waals surface area contributed by atoms with Crippen molar-refractivity contribution in [2.75, 3.05) is 13.2 Å². The van der Waals surface area contributed by atoms with E-state index in [9.17, 15) is 0 Å². The molecule has 1 rings (SSSR count). The molecule has 0 amide bonds. The zero-order valence-electron chi connectivity index (χ0n) is 14.0. The highest BCUT2D eigenvalue weighted by Crippen LogP contribution is 2.18. The normalized spacial score (nSPS) is 11.6. The van der Waals surface area contributed by atoms with Gasteiger partial charge in [-0.2, -0.15) is 0 Å². The fourth-order valence-electron chi connectivity index (χ4n) is 2.07. The van der Waals surface area contributed by atoms with E-state index in [-0.39, 0.29) is 0 Å². The molecule has 0 spiro atoms. The Morgan fingerprint density at radius 3 is 1.50 bits per heavy atom. The number of benzene rings is 1. The number of aryl methyl sites for hydroxylation is 2. The number of hydrogen-bond donors (Lipinski definition) is 0. The molecule has 0 N–H and O–H groups in total. The molecule has 1 aromatic carbocycles. The minimum absolute atomic E-state index is 0.578. The fraction of sp³-hybridized carbons (Fsp3) is 0.667. The fourth-order valence-corrected chi connectivity index (χ4v) is 2.07. The van der Waals surface area contributed by atoms with Crippen molar-refractivity contribution in [2.24, 2.45) is 11.8 Å². The Balaban J connectivity index is 2.65. The maximum atomic E-state index is 5.76. The van der Waals surface area contributed by atoms with E-state index >= 15 is 0 Å². The topological polar surface area (TPSA) is 18.5 Å². The van der Waals surface area contributed by atoms with E-state index in [1.54, 1.807) is 0 Å². The van der Waals surface area contributed by atoms with Gasteiger partial charge in [0.25, 0.3) is 0 Å². The molecule has 0 bridgehead atoms. The summed E-state index contributed by atoms with van der Waals surface area (Å²) in [5.74, 6) is 1.16. The molecule has 0 saturated heterocycles. The van der Waals surface area contributed by atoms with Gasteiger partial charge in [0.15, 0.2) is 0 Å². The first-order chi connectivity index (χ1) is 9.40. The third kappa shape index (κ3) is 6.06. The molecule has 0 radical (unpaired) electrons. The highest BCUT2D eigenvalue weighted by atomic mass is 16.5. The van der Waals surface area contributed by atoms with Crippen molar-refractivity contribution >= 4 is 0 Å². The summed E-state index contributed by atoms with van der Waals surface area (Å²) in [7, 11) is 0. The van der Waals surface area contributed by atoms with E-state index < -0.39 is 0 Å². The van der Waals surface area contributed by atoms with Crippen LogP contribution >= 0.6 is 0 Å². The van der Waals surface area contributed by atoms with E-state index in [1.807, 2.05) is 0 Å². The Kier molecular flexibility index (Phi) is 7.25. The molecule has 114 valence electrons. The standard InChI is InChI=1S/C18H30O2/c1-13(2)9-19-11-17-8-18(12-20-10-14(3)4)16(6)7-15(17)5/h7-8,13-14H,9-12H2,1-6H3. The van der Waals surface area contributed by atoms with Crippen molar-refractivity contribution in [3.8, 4) is 0 Å². The van der Waals surface area contributed by atoms with Gasteiger partial charge in [-0.05, 0) is 47.9 Å². The first kappa shape index (κ1) is 17.2. The molecule has 20 heavy (non-hydrogen) atoms. The van der Waals surface area contributed by atoms with Crippen molar-refractivity contribution in [1.29, 1.82) is 0 Å². The van der Waals surface area contributed by atoms with Crippen LogP contribution in [0, 0.1) is 25.7 Å². The second-order valence-corrected chi connectivity index (χ2v) is 6.52. The van der Waals surface area contributed by atoms with Crippen LogP contribution in [-0.4, -0.2) is 13.2 Å². The predicted molar refractivity (Wildman–Crippen MR) is 84.9 cm³/mol. The van der Waals surface area contributed by atoms with Crippen LogP contribution in [0.5, 0.6) is 0 Å². The Morgan fingerprint density at radius 1 is 0.750 bits per heavy atom. The number of ether oxygens (including phenoxy) is 2. The van der Waals surface area contributed by atoms with Gasteiger partial charge in [-0.1, -0.05) is 39.8 Å². The molecule has 0 unspecified atom stereocenters. The van der Waals surface area contributed by atoms with Crippen LogP contribution in [-0.2, 0) is 22.7 Å². The zero-order chi connectivity index (χ0) is 15.1. The van der Waals surface area contributed by atoms with Crippen LogP contribution in [0.3, 0.4) is 0 Å². The molecule has 0 fully saturated rings. The lowest BCUT2D eigenvalue weighted by molar-refractivity contribution is 0.0931. The third-order valence-corrected chi connectivity index (χ3v) is 3.21. The molecule has 0 aliphatic heterocycles. The van der Waals surface area contributed by atoms with Gasteiger partial charge >= 0.3 is 0 Å². The molecular weight excluding hydrogens is 248 g/mol. The molecule has 0 saturated carbocycles. The molecule has 2 nitrogen and oxygen atoms in total. The van der Waals surface area contributed by atoms with E-state index in [0.717, 1.165) is 13.2 Å². The van der Waals surface area contributed by atoms with Gasteiger partial charge in [-0.25, -0.2) is 0 Å². The first-order valence-corrected chi connectivity index (χ1v) is 7.64. The maximum Gasteiger partial charge on any atom is 0.0719 e. The highest BCUT2D eigenvalue weighted by Gasteiger charge is 2.06. The third-order valence-electron chi connectivity index (χ3n) is 3.21. The monoisotopic (exact) mass is 278 g/mol. The van der Waals surface area contributed by atoms with Crippen molar-refractivity contribution in [1.82, 2.24) is 0 Å². The Labute approximate surface area is 124 Å². The Hall–Kier alpha value is -0.860. The number of rotatable bonds is 8. The largest absolute Gasteiger partial charge is 0.376 e. The van der Waals surface area contributed by atoms with Crippen molar-refractivity contribution in [2.45, 2.75) is 54.8 Å². The summed E-state index contributed by atoms with van der Waals surface area (Å²) in [6.45, 7) is 16.0. The average Bonchev–Trinajstić information content (AvgIpc) is 2.33. The Morgan fingerprint density at radius 2 is 1.15 bits per heavy atom. The maximum absolute atomic E-state index is 5.76. The molecular formula is C18H30O2. The summed E-state index contributed by atoms with van der Waals surface area (Å²) < 4.78 is 11.5. The lowest BCUT2D eigenvalue weighted by atomic mass is 10.0. The molecule has 2 heteroatoms. The quantitative estimate of drug-likeness (QED) is 0.689. The van der Waals surface area contributed by atoms with E-state index in [2.05, 4.69) is 53.7 Å². The van der Waals surface area contributed by atoms with E-state index in [0.29, 0.717) is 25.0 Å². The van der Waals surface area contributed by atoms with E-state index in [1.165, 1.54) is 22.3 Å². The summed E-state index contributed by atoms with van der Waals surface area (Å²) in [5.41, 5.74) is 5.16. The lowest BCUT2D eigenvalue weighted by Crippen LogP contribution is -2.06. The van der Waals surface area contributed by atoms with Gasteiger partial charge in [0.1, 0.15) is 0 Å². The molecule has 0 aliphatic carbocycles. The van der Waals surface area contributed by atoms with Crippen LogP contribution in [0.1, 0.15) is 49.9 Å². The second-order valence-electron chi connectivity index (χ2n) is 6.52. The average molecular weight is 278 g/mol. The summed E-state index contributed by atoms with van der Waals surface area (Å²) in [4.78, 5) is 0. The Bertz CT molecular complexity index is 373. The summed E-state index contributed by atoms with van der Waals surface area (Å²) >= 11 is 0. The predicted octanol–water partition coefficient (Wildman–Crippen LogP) is 4.65. The zero-order valence-corrected chi connectivity index (χ0v) is 14.0. The van der Waals surface area contributed by atoms with Gasteiger partial charge in [-0.15, -0.1) is 0 Å². The molecule has 0 atom stereocenters. The molecule has 1 aromatic rings. The van der Waals surface area contributed by atoms with Crippen molar-refractivity contribution in [3.05, 3.63) is 34.4 Å². The smallest absolute Gasteiger partial charge is 0.0719 e. The molecule has 0 heterocycles. The van der Waals surface area contributed by atoms with Gasteiger partial charge < -0.3 is 9.47 Å². The number of hydrogen-bond acceptors (Lipinski definition) is 2. The summed E-state index contributed by atoms with van der Waals surface area (Å²) in [6.07, 6.45) is 0. The van der Waals surface area contributed by atoms with Crippen LogP contribution in [0.25, 0.3) is 0 Å². The summed E-state index contributed by atoms with van der Waals surface area (Å²) in [5, 5.41) is 0. The molecule has 0 aromatic heterocycles. The van der Waals surface area contributed by atoms with Crippen molar-refractivity contribution < 1.29 is 9.47 Å². The minimum atomic E-state index is 0.578. The van der Waals surface area contributed by atoms with Crippen molar-refractivity contribution in [3.63, 3.8) is 0 Å². The van der Waals surface area contributed by atoms with Gasteiger partial charge in [-0.3, -0.25) is 0 Å². The molecule has 0 aliphatic rings. The first-order valence-electron chi connectivity index (χ1n) is 7.64. The SMILES string of the molecule is Cc1cc(C)c(COCC(C)C)cc1COCC(C)C. The van der Waals surface area contributed by atoms with Crippen LogP contribution in [0.4, 0.5) is 0 Å². The second kappa shape index (κ2) is 8.43. The van der Waals surface area contributed by atoms with Gasteiger partial charge in [0.05, 0.1) is 13.2 Å². The van der Waals surface area contributed by atoms with Crippen LogP contribution < -0.4 is 0 Å². The summed E-state index contributed by atoms with van der Waals surface area (Å²) in [6, 6.07) is 4.48. The van der Waals surface area contributed by atoms with E-state index in [4.69, 9.17) is 9.47 Å². The minimum Gasteiger partial charge on any atom is -0.376 e. The van der Waals surface area contributed by atoms with Gasteiger partial charge in [0, 0.05) is 13.2 Å². The van der Waals surface area contributed by atoms with Crippen LogP contribution in [0.2, 0.25) is 0 Å². The van der Waals surface area contributed by atoms with Crippen LogP contribution in [0.15, 0.2) is 12.1 Å². The lowest BCUT2D eigenvalue weighted by Gasteiger charge is -2.14.